The number of amides is 1. The van der Waals surface area contributed by atoms with Crippen LogP contribution in [-0.4, -0.2) is 52.0 Å². The molecule has 0 unspecified atom stereocenters. The minimum absolute atomic E-state index is 0.0164. The molecule has 0 radical (unpaired) electrons. The summed E-state index contributed by atoms with van der Waals surface area (Å²) in [4.78, 5) is 14.7. The molecule has 1 saturated heterocycles. The number of aromatic nitrogens is 3. The molecular weight excluding hydrogens is 366 g/mol. The lowest BCUT2D eigenvalue weighted by molar-refractivity contribution is -0.117. The molecule has 29 heavy (non-hydrogen) atoms. The molecule has 1 amide bonds. The highest BCUT2D eigenvalue weighted by atomic mass is 16.5. The van der Waals surface area contributed by atoms with Crippen LogP contribution in [-0.2, 0) is 4.79 Å². The summed E-state index contributed by atoms with van der Waals surface area (Å²) in [5.74, 6) is 0.688. The first-order chi connectivity index (χ1) is 14.1. The van der Waals surface area contributed by atoms with Crippen LogP contribution in [0.3, 0.4) is 0 Å². The van der Waals surface area contributed by atoms with Crippen LogP contribution in [0.1, 0.15) is 31.4 Å². The summed E-state index contributed by atoms with van der Waals surface area (Å²) in [6.45, 7) is 6.66. The number of benzene rings is 2. The number of anilines is 1. The maximum atomic E-state index is 12.5. The first kappa shape index (κ1) is 19.4. The number of hydrogen-bond donors (Lipinski definition) is 1. The van der Waals surface area contributed by atoms with Crippen molar-refractivity contribution in [2.45, 2.75) is 32.7 Å². The molecule has 1 fully saturated rings. The molecule has 1 aliphatic rings. The number of nitrogens with zero attached hydrogens (tertiary/aromatic N) is 4. The van der Waals surface area contributed by atoms with E-state index in [1.807, 2.05) is 35.9 Å². The minimum atomic E-state index is -0.0164. The van der Waals surface area contributed by atoms with Crippen molar-refractivity contribution < 1.29 is 9.53 Å². The van der Waals surface area contributed by atoms with E-state index in [1.54, 1.807) is 0 Å². The Hall–Kier alpha value is -2.93. The summed E-state index contributed by atoms with van der Waals surface area (Å²) in [5, 5.41) is 11.7. The van der Waals surface area contributed by atoms with Crippen LogP contribution in [0.25, 0.3) is 11.0 Å². The third-order valence-electron chi connectivity index (χ3n) is 5.36. The van der Waals surface area contributed by atoms with Gasteiger partial charge >= 0.3 is 0 Å². The van der Waals surface area contributed by atoms with E-state index in [1.165, 1.54) is 5.56 Å². The SMILES string of the molecule is CCOc1ccccc1NC(=O)CN1CCC(n2nnc3cc(C)ccc32)CC1. The van der Waals surface area contributed by atoms with E-state index in [2.05, 4.69) is 45.7 Å². The third kappa shape index (κ3) is 4.40. The standard InChI is InChI=1S/C22H27N5O2/c1-3-29-21-7-5-4-6-18(21)23-22(28)15-26-12-10-17(11-13-26)27-20-9-8-16(2)14-19(20)24-25-27/h4-9,14,17H,3,10-13,15H2,1-2H3,(H,23,28). The maximum absolute atomic E-state index is 12.5. The van der Waals surface area contributed by atoms with Crippen LogP contribution in [0.2, 0.25) is 0 Å². The summed E-state index contributed by atoms with van der Waals surface area (Å²) in [5.41, 5.74) is 3.94. The second-order valence-electron chi connectivity index (χ2n) is 7.51. The zero-order valence-corrected chi connectivity index (χ0v) is 17.0. The molecule has 0 atom stereocenters. The molecule has 3 aromatic rings. The van der Waals surface area contributed by atoms with Gasteiger partial charge in [-0.3, -0.25) is 9.69 Å². The van der Waals surface area contributed by atoms with E-state index in [4.69, 9.17) is 4.74 Å². The Balaban J connectivity index is 1.33. The van der Waals surface area contributed by atoms with Crippen LogP contribution < -0.4 is 10.1 Å². The zero-order valence-electron chi connectivity index (χ0n) is 17.0. The number of likely N-dealkylation sites (tertiary alicyclic amines) is 1. The Labute approximate surface area is 170 Å². The Bertz CT molecular complexity index is 992. The van der Waals surface area contributed by atoms with Gasteiger partial charge in [0.15, 0.2) is 0 Å². The topological polar surface area (TPSA) is 72.3 Å². The van der Waals surface area contributed by atoms with Crippen molar-refractivity contribution in [3.05, 3.63) is 48.0 Å². The molecule has 1 N–H and O–H groups in total. The van der Waals surface area contributed by atoms with Gasteiger partial charge in [-0.25, -0.2) is 4.68 Å². The van der Waals surface area contributed by atoms with Crippen molar-refractivity contribution in [1.29, 1.82) is 0 Å². The fourth-order valence-electron chi connectivity index (χ4n) is 3.89. The van der Waals surface area contributed by atoms with Crippen molar-refractivity contribution in [1.82, 2.24) is 19.9 Å². The van der Waals surface area contributed by atoms with Crippen LogP contribution in [0.4, 0.5) is 5.69 Å². The number of piperidine rings is 1. The van der Waals surface area contributed by atoms with E-state index in [0.717, 1.165) is 42.7 Å². The average Bonchev–Trinajstić information content (AvgIpc) is 3.13. The lowest BCUT2D eigenvalue weighted by Crippen LogP contribution is -2.39. The highest BCUT2D eigenvalue weighted by molar-refractivity contribution is 5.93. The van der Waals surface area contributed by atoms with E-state index in [9.17, 15) is 4.79 Å². The largest absolute Gasteiger partial charge is 0.492 e. The summed E-state index contributed by atoms with van der Waals surface area (Å²) in [6.07, 6.45) is 1.91. The molecule has 0 spiro atoms. The highest BCUT2D eigenvalue weighted by Crippen LogP contribution is 2.26. The van der Waals surface area contributed by atoms with Gasteiger partial charge in [-0.05, 0) is 56.5 Å². The number of rotatable bonds is 6. The van der Waals surface area contributed by atoms with Gasteiger partial charge in [0.05, 0.1) is 30.4 Å². The number of hydrogen-bond acceptors (Lipinski definition) is 5. The van der Waals surface area contributed by atoms with Gasteiger partial charge in [-0.1, -0.05) is 23.4 Å². The van der Waals surface area contributed by atoms with Crippen LogP contribution in [0.15, 0.2) is 42.5 Å². The van der Waals surface area contributed by atoms with Gasteiger partial charge in [0.1, 0.15) is 11.3 Å². The third-order valence-corrected chi connectivity index (χ3v) is 5.36. The first-order valence-electron chi connectivity index (χ1n) is 10.2. The number of ether oxygens (including phenoxy) is 1. The predicted octanol–water partition coefficient (Wildman–Crippen LogP) is 3.41. The number of fused-ring (bicyclic) bond motifs is 1. The predicted molar refractivity (Wildman–Crippen MR) is 113 cm³/mol. The van der Waals surface area contributed by atoms with E-state index in [0.29, 0.717) is 24.9 Å². The maximum Gasteiger partial charge on any atom is 0.238 e. The molecule has 0 bridgehead atoms. The molecule has 152 valence electrons. The van der Waals surface area contributed by atoms with Gasteiger partial charge < -0.3 is 10.1 Å². The monoisotopic (exact) mass is 393 g/mol. The molecule has 0 saturated carbocycles. The van der Waals surface area contributed by atoms with Crippen molar-refractivity contribution in [2.24, 2.45) is 0 Å². The lowest BCUT2D eigenvalue weighted by atomic mass is 10.0. The van der Waals surface area contributed by atoms with Gasteiger partial charge in [-0.15, -0.1) is 5.10 Å². The lowest BCUT2D eigenvalue weighted by Gasteiger charge is -2.31. The quantitative estimate of drug-likeness (QED) is 0.695. The molecular formula is C22H27N5O2. The molecule has 2 aromatic carbocycles. The highest BCUT2D eigenvalue weighted by Gasteiger charge is 2.24. The van der Waals surface area contributed by atoms with E-state index >= 15 is 0 Å². The molecule has 7 nitrogen and oxygen atoms in total. The number of nitrogens with one attached hydrogen (secondary N) is 1. The summed E-state index contributed by atoms with van der Waals surface area (Å²) in [6, 6.07) is 14.1. The number of para-hydroxylation sites is 2. The summed E-state index contributed by atoms with van der Waals surface area (Å²) < 4.78 is 7.63. The van der Waals surface area contributed by atoms with Crippen molar-refractivity contribution in [2.75, 3.05) is 31.6 Å². The molecule has 2 heterocycles. The Morgan fingerprint density at radius 1 is 1.21 bits per heavy atom. The zero-order chi connectivity index (χ0) is 20.2. The van der Waals surface area contributed by atoms with Crippen molar-refractivity contribution in [3.8, 4) is 5.75 Å². The van der Waals surface area contributed by atoms with Crippen LogP contribution in [0.5, 0.6) is 5.75 Å². The Kier molecular flexibility index (Phi) is 5.76. The van der Waals surface area contributed by atoms with Gasteiger partial charge in [0.25, 0.3) is 0 Å². The first-order valence-corrected chi connectivity index (χ1v) is 10.2. The average molecular weight is 393 g/mol. The normalized spacial score (nSPS) is 15.5. The number of carbonyl (C=O) groups is 1. The summed E-state index contributed by atoms with van der Waals surface area (Å²) >= 11 is 0. The molecule has 7 heteroatoms. The smallest absolute Gasteiger partial charge is 0.238 e. The molecule has 1 aliphatic heterocycles. The van der Waals surface area contributed by atoms with E-state index < -0.39 is 0 Å². The fraction of sp³-hybridized carbons (Fsp3) is 0.409. The van der Waals surface area contributed by atoms with Gasteiger partial charge in [0, 0.05) is 13.1 Å². The molecule has 4 rings (SSSR count). The number of carbonyl (C=O) groups excluding carboxylic acids is 1. The number of aryl methyl sites for hydroxylation is 1. The molecule has 1 aromatic heterocycles. The van der Waals surface area contributed by atoms with Crippen LogP contribution >= 0.6 is 0 Å². The fourth-order valence-corrected chi connectivity index (χ4v) is 3.89. The van der Waals surface area contributed by atoms with Crippen molar-refractivity contribution in [3.63, 3.8) is 0 Å². The Morgan fingerprint density at radius 3 is 2.79 bits per heavy atom. The van der Waals surface area contributed by atoms with Gasteiger partial charge in [-0.2, -0.15) is 0 Å². The second-order valence-corrected chi connectivity index (χ2v) is 7.51. The van der Waals surface area contributed by atoms with Gasteiger partial charge in [0.2, 0.25) is 5.91 Å². The summed E-state index contributed by atoms with van der Waals surface area (Å²) in [7, 11) is 0. The minimum Gasteiger partial charge on any atom is -0.492 e. The van der Waals surface area contributed by atoms with Crippen molar-refractivity contribution >= 4 is 22.6 Å². The second kappa shape index (κ2) is 8.61. The molecule has 0 aliphatic carbocycles. The van der Waals surface area contributed by atoms with E-state index in [-0.39, 0.29) is 5.91 Å². The van der Waals surface area contributed by atoms with Crippen LogP contribution in [0, 0.1) is 6.92 Å². The Morgan fingerprint density at radius 2 is 2.00 bits per heavy atom.